The van der Waals surface area contributed by atoms with Gasteiger partial charge in [-0.3, -0.25) is 9.59 Å². The smallest absolute Gasteiger partial charge is 0.228 e. The first-order valence-corrected chi connectivity index (χ1v) is 11.3. The van der Waals surface area contributed by atoms with Crippen LogP contribution in [0, 0.1) is 0 Å². The van der Waals surface area contributed by atoms with E-state index >= 15 is 0 Å². The molecule has 0 aliphatic carbocycles. The zero-order valence-corrected chi connectivity index (χ0v) is 18.3. The molecule has 1 aliphatic heterocycles. The second-order valence-corrected chi connectivity index (χ2v) is 8.60. The maximum Gasteiger partial charge on any atom is 0.228 e. The van der Waals surface area contributed by atoms with E-state index in [1.807, 2.05) is 53.9 Å². The number of benzene rings is 3. The topological polar surface area (TPSA) is 62.3 Å². The van der Waals surface area contributed by atoms with Gasteiger partial charge in [-0.1, -0.05) is 60.7 Å². The van der Waals surface area contributed by atoms with E-state index in [2.05, 4.69) is 34.6 Å². The summed E-state index contributed by atoms with van der Waals surface area (Å²) in [6.07, 6.45) is 3.82. The lowest BCUT2D eigenvalue weighted by Gasteiger charge is -2.32. The summed E-state index contributed by atoms with van der Waals surface area (Å²) >= 11 is 1.40. The van der Waals surface area contributed by atoms with Crippen molar-refractivity contribution in [3.63, 3.8) is 0 Å². The highest BCUT2D eigenvalue weighted by atomic mass is 32.1. The van der Waals surface area contributed by atoms with Gasteiger partial charge in [0.15, 0.2) is 5.13 Å². The third kappa shape index (κ3) is 3.92. The largest absolute Gasteiger partial charge is 0.311 e. The molecule has 1 N–H and O–H groups in total. The number of hydrogen-bond acceptors (Lipinski definition) is 4. The predicted octanol–water partition coefficient (Wildman–Crippen LogP) is 5.87. The van der Waals surface area contributed by atoms with Gasteiger partial charge in [0.25, 0.3) is 0 Å². The first-order valence-electron chi connectivity index (χ1n) is 10.4. The minimum atomic E-state index is -0.339. The number of nitrogens with one attached hydrogen (secondary N) is 1. The fourth-order valence-corrected chi connectivity index (χ4v) is 4.81. The Kier molecular flexibility index (Phi) is 5.29. The summed E-state index contributed by atoms with van der Waals surface area (Å²) in [4.78, 5) is 31.2. The Morgan fingerprint density at radius 1 is 1.03 bits per heavy atom. The molecule has 1 aliphatic rings. The maximum absolute atomic E-state index is 12.9. The van der Waals surface area contributed by atoms with Gasteiger partial charge in [0, 0.05) is 24.1 Å². The zero-order chi connectivity index (χ0) is 22.1. The molecule has 2 amide bonds. The van der Waals surface area contributed by atoms with Gasteiger partial charge in [-0.15, -0.1) is 11.3 Å². The first-order chi connectivity index (χ1) is 15.6. The van der Waals surface area contributed by atoms with Crippen LogP contribution in [0.2, 0.25) is 0 Å². The van der Waals surface area contributed by atoms with Crippen molar-refractivity contribution in [3.05, 3.63) is 89.4 Å². The van der Waals surface area contributed by atoms with E-state index in [1.165, 1.54) is 23.6 Å². The Morgan fingerprint density at radius 3 is 2.66 bits per heavy atom. The van der Waals surface area contributed by atoms with Crippen molar-refractivity contribution in [1.82, 2.24) is 9.88 Å². The van der Waals surface area contributed by atoms with Crippen molar-refractivity contribution in [2.24, 2.45) is 0 Å². The average molecular weight is 440 g/mol. The molecule has 0 saturated carbocycles. The van der Waals surface area contributed by atoms with Crippen molar-refractivity contribution >= 4 is 45.1 Å². The molecule has 3 aromatic carbocycles. The monoisotopic (exact) mass is 439 g/mol. The third-order valence-corrected chi connectivity index (χ3v) is 6.40. The van der Waals surface area contributed by atoms with Crippen molar-refractivity contribution in [1.29, 1.82) is 0 Å². The van der Waals surface area contributed by atoms with E-state index in [0.29, 0.717) is 5.13 Å². The number of thiazole rings is 1. The number of rotatable bonds is 4. The molecule has 5 rings (SSSR count). The van der Waals surface area contributed by atoms with Gasteiger partial charge in [0.05, 0.1) is 18.2 Å². The molecule has 158 valence electrons. The lowest BCUT2D eigenvalue weighted by atomic mass is 9.93. The number of nitrogens with zero attached hydrogens (tertiary/aromatic N) is 2. The van der Waals surface area contributed by atoms with E-state index in [0.717, 1.165) is 27.8 Å². The van der Waals surface area contributed by atoms with Crippen LogP contribution in [-0.2, 0) is 9.59 Å². The van der Waals surface area contributed by atoms with Crippen LogP contribution in [0.15, 0.2) is 78.3 Å². The first kappa shape index (κ1) is 20.2. The zero-order valence-electron chi connectivity index (χ0n) is 17.5. The molecule has 0 radical (unpaired) electrons. The Bertz CT molecular complexity index is 1360. The molecule has 6 heteroatoms. The van der Waals surface area contributed by atoms with Crippen LogP contribution in [0.4, 0.5) is 5.13 Å². The highest BCUT2D eigenvalue weighted by molar-refractivity contribution is 7.14. The van der Waals surface area contributed by atoms with Gasteiger partial charge in [0.1, 0.15) is 0 Å². The lowest BCUT2D eigenvalue weighted by Crippen LogP contribution is -2.33. The number of hydrogen-bond donors (Lipinski definition) is 1. The second-order valence-electron chi connectivity index (χ2n) is 7.74. The number of anilines is 1. The summed E-state index contributed by atoms with van der Waals surface area (Å²) in [5.74, 6) is -0.271. The highest BCUT2D eigenvalue weighted by Crippen LogP contribution is 2.33. The quantitative estimate of drug-likeness (QED) is 0.433. The summed E-state index contributed by atoms with van der Waals surface area (Å²) < 4.78 is 0. The van der Waals surface area contributed by atoms with Gasteiger partial charge in [-0.25, -0.2) is 4.98 Å². The van der Waals surface area contributed by atoms with Crippen molar-refractivity contribution in [2.75, 3.05) is 5.32 Å². The SMILES string of the molecule is CC(=O)N1C=Cc2ccccc2C1CC(=O)Nc1nc(-c2ccc3ccccc3c2)cs1. The Labute approximate surface area is 190 Å². The number of aromatic nitrogens is 1. The molecule has 5 nitrogen and oxygen atoms in total. The van der Waals surface area contributed by atoms with Gasteiger partial charge < -0.3 is 10.2 Å². The summed E-state index contributed by atoms with van der Waals surface area (Å²) in [6.45, 7) is 1.51. The molecular weight excluding hydrogens is 418 g/mol. The van der Waals surface area contributed by atoms with E-state index in [-0.39, 0.29) is 24.3 Å². The molecule has 1 atom stereocenters. The van der Waals surface area contributed by atoms with E-state index < -0.39 is 0 Å². The second kappa shape index (κ2) is 8.40. The lowest BCUT2D eigenvalue weighted by molar-refractivity contribution is -0.129. The van der Waals surface area contributed by atoms with E-state index in [1.54, 1.807) is 11.1 Å². The fourth-order valence-electron chi connectivity index (χ4n) is 4.07. The van der Waals surface area contributed by atoms with Crippen LogP contribution in [0.1, 0.15) is 30.5 Å². The van der Waals surface area contributed by atoms with Crippen molar-refractivity contribution in [2.45, 2.75) is 19.4 Å². The average Bonchev–Trinajstić information content (AvgIpc) is 3.27. The molecule has 0 bridgehead atoms. The Balaban J connectivity index is 1.33. The van der Waals surface area contributed by atoms with Crippen molar-refractivity contribution < 1.29 is 9.59 Å². The van der Waals surface area contributed by atoms with E-state index in [4.69, 9.17) is 0 Å². The van der Waals surface area contributed by atoms with Crippen LogP contribution in [0.25, 0.3) is 28.1 Å². The molecule has 0 spiro atoms. The molecule has 4 aromatic rings. The fraction of sp³-hybridized carbons (Fsp3) is 0.115. The van der Waals surface area contributed by atoms with E-state index in [9.17, 15) is 9.59 Å². The number of carbonyl (C=O) groups is 2. The van der Waals surface area contributed by atoms with Crippen molar-refractivity contribution in [3.8, 4) is 11.3 Å². The molecular formula is C26H21N3O2S. The standard InChI is InChI=1S/C26H21N3O2S/c1-17(30)29-13-12-19-7-4-5-9-22(19)24(29)15-25(31)28-26-27-23(16-32-26)21-11-10-18-6-2-3-8-20(18)14-21/h2-14,16,24H,15H2,1H3,(H,27,28,31). The summed E-state index contributed by atoms with van der Waals surface area (Å²) in [7, 11) is 0. The number of fused-ring (bicyclic) bond motifs is 2. The molecule has 1 unspecified atom stereocenters. The maximum atomic E-state index is 12.9. The summed E-state index contributed by atoms with van der Waals surface area (Å²) in [6, 6.07) is 21.9. The molecule has 0 fully saturated rings. The van der Waals surface area contributed by atoms with Gasteiger partial charge in [0.2, 0.25) is 11.8 Å². The van der Waals surface area contributed by atoms with Crippen LogP contribution in [-0.4, -0.2) is 21.7 Å². The molecule has 32 heavy (non-hydrogen) atoms. The minimum absolute atomic E-state index is 0.0959. The minimum Gasteiger partial charge on any atom is -0.311 e. The number of carbonyl (C=O) groups excluding carboxylic acids is 2. The summed E-state index contributed by atoms with van der Waals surface area (Å²) in [5.41, 5.74) is 3.83. The van der Waals surface area contributed by atoms with Crippen LogP contribution >= 0.6 is 11.3 Å². The Hall–Kier alpha value is -3.77. The van der Waals surface area contributed by atoms with Gasteiger partial charge in [-0.2, -0.15) is 0 Å². The molecule has 0 saturated heterocycles. The highest BCUT2D eigenvalue weighted by Gasteiger charge is 2.28. The van der Waals surface area contributed by atoms with Crippen LogP contribution < -0.4 is 5.32 Å². The third-order valence-electron chi connectivity index (χ3n) is 5.64. The van der Waals surface area contributed by atoms with Crippen LogP contribution in [0.3, 0.4) is 0 Å². The number of amides is 2. The summed E-state index contributed by atoms with van der Waals surface area (Å²) in [5, 5.41) is 7.73. The normalized spacial score (nSPS) is 14.9. The Morgan fingerprint density at radius 2 is 1.81 bits per heavy atom. The molecule has 1 aromatic heterocycles. The van der Waals surface area contributed by atoms with Gasteiger partial charge in [-0.05, 0) is 34.0 Å². The van der Waals surface area contributed by atoms with Crippen LogP contribution in [0.5, 0.6) is 0 Å². The predicted molar refractivity (Wildman–Crippen MR) is 129 cm³/mol. The van der Waals surface area contributed by atoms with Gasteiger partial charge >= 0.3 is 0 Å². The molecule has 2 heterocycles.